The summed E-state index contributed by atoms with van der Waals surface area (Å²) < 4.78 is 19.1. The molecule has 0 bridgehead atoms. The number of halogens is 1. The summed E-state index contributed by atoms with van der Waals surface area (Å²) in [5, 5.41) is 9.05. The van der Waals surface area contributed by atoms with E-state index in [0.29, 0.717) is 5.92 Å². The van der Waals surface area contributed by atoms with Crippen molar-refractivity contribution in [1.82, 2.24) is 4.90 Å². The van der Waals surface area contributed by atoms with Crippen LogP contribution in [-0.2, 0) is 6.42 Å². The molecule has 20 heavy (non-hydrogen) atoms. The summed E-state index contributed by atoms with van der Waals surface area (Å²) in [7, 11) is 0. The lowest BCUT2D eigenvalue weighted by molar-refractivity contribution is 0.101. The van der Waals surface area contributed by atoms with Crippen LogP contribution in [0, 0.1) is 11.7 Å². The van der Waals surface area contributed by atoms with Gasteiger partial charge in [-0.15, -0.1) is 0 Å². The van der Waals surface area contributed by atoms with Gasteiger partial charge in [-0.2, -0.15) is 0 Å². The second-order valence-electron chi connectivity index (χ2n) is 5.98. The highest BCUT2D eigenvalue weighted by Crippen LogP contribution is 2.30. The molecule has 3 rings (SSSR count). The summed E-state index contributed by atoms with van der Waals surface area (Å²) in [6.07, 6.45) is 4.24. The number of hydrogen-bond donors (Lipinski definition) is 1. The molecule has 1 fully saturated rings. The van der Waals surface area contributed by atoms with E-state index in [9.17, 15) is 4.39 Å². The zero-order valence-electron chi connectivity index (χ0n) is 11.7. The minimum atomic E-state index is -0.186. The van der Waals surface area contributed by atoms with Gasteiger partial charge in [-0.1, -0.05) is 0 Å². The van der Waals surface area contributed by atoms with Crippen LogP contribution in [0.25, 0.3) is 0 Å². The molecule has 0 spiro atoms. The fraction of sp³-hybridized carbons (Fsp3) is 0.625. The molecule has 1 N–H and O–H groups in total. The highest BCUT2D eigenvalue weighted by Gasteiger charge is 2.27. The van der Waals surface area contributed by atoms with Gasteiger partial charge in [0.15, 0.2) is 0 Å². The van der Waals surface area contributed by atoms with Crippen molar-refractivity contribution < 1.29 is 14.2 Å². The topological polar surface area (TPSA) is 32.7 Å². The van der Waals surface area contributed by atoms with Gasteiger partial charge in [-0.05, 0) is 49.9 Å². The molecule has 0 aliphatic carbocycles. The Kier molecular flexibility index (Phi) is 4.22. The lowest BCUT2D eigenvalue weighted by atomic mass is 9.95. The molecule has 4 heteroatoms. The summed E-state index contributed by atoms with van der Waals surface area (Å²) in [4.78, 5) is 2.43. The lowest BCUT2D eigenvalue weighted by Gasteiger charge is -2.33. The third-order valence-electron chi connectivity index (χ3n) is 4.37. The van der Waals surface area contributed by atoms with E-state index in [2.05, 4.69) is 4.90 Å². The average Bonchev–Trinajstić information content (AvgIpc) is 2.81. The molecule has 110 valence electrons. The van der Waals surface area contributed by atoms with Crippen LogP contribution < -0.4 is 4.74 Å². The smallest absolute Gasteiger partial charge is 0.123 e. The zero-order chi connectivity index (χ0) is 13.9. The van der Waals surface area contributed by atoms with Gasteiger partial charge in [0.05, 0.1) is 0 Å². The Morgan fingerprint density at radius 1 is 1.40 bits per heavy atom. The van der Waals surface area contributed by atoms with E-state index in [4.69, 9.17) is 9.84 Å². The maximum atomic E-state index is 13.2. The molecule has 2 unspecified atom stereocenters. The summed E-state index contributed by atoms with van der Waals surface area (Å²) in [5.74, 6) is 1.25. The summed E-state index contributed by atoms with van der Waals surface area (Å²) in [6.45, 7) is 3.33. The number of fused-ring (bicyclic) bond motifs is 1. The van der Waals surface area contributed by atoms with Crippen LogP contribution in [-0.4, -0.2) is 42.4 Å². The van der Waals surface area contributed by atoms with Crippen LogP contribution in [0.2, 0.25) is 0 Å². The monoisotopic (exact) mass is 279 g/mol. The van der Waals surface area contributed by atoms with Crippen LogP contribution in [0.5, 0.6) is 5.75 Å². The average molecular weight is 279 g/mol. The number of ether oxygens (including phenoxy) is 1. The van der Waals surface area contributed by atoms with Crippen LogP contribution in [0.1, 0.15) is 24.8 Å². The zero-order valence-corrected chi connectivity index (χ0v) is 11.7. The minimum Gasteiger partial charge on any atom is -0.488 e. The van der Waals surface area contributed by atoms with Gasteiger partial charge in [0, 0.05) is 31.7 Å². The van der Waals surface area contributed by atoms with Crippen LogP contribution in [0.3, 0.4) is 0 Å². The van der Waals surface area contributed by atoms with Crippen molar-refractivity contribution in [1.29, 1.82) is 0 Å². The Labute approximate surface area is 119 Å². The van der Waals surface area contributed by atoms with E-state index in [1.807, 2.05) is 0 Å². The second kappa shape index (κ2) is 6.10. The van der Waals surface area contributed by atoms with Crippen molar-refractivity contribution in [3.63, 3.8) is 0 Å². The maximum Gasteiger partial charge on any atom is 0.123 e. The Balaban J connectivity index is 1.55. The predicted octanol–water partition coefficient (Wildman–Crippen LogP) is 2.22. The van der Waals surface area contributed by atoms with E-state index in [0.717, 1.165) is 43.8 Å². The molecule has 0 radical (unpaired) electrons. The number of nitrogens with zero attached hydrogens (tertiary/aromatic N) is 1. The minimum absolute atomic E-state index is 0.139. The first kappa shape index (κ1) is 13.8. The van der Waals surface area contributed by atoms with E-state index in [-0.39, 0.29) is 18.5 Å². The number of benzene rings is 1. The van der Waals surface area contributed by atoms with Gasteiger partial charge in [0.2, 0.25) is 0 Å². The van der Waals surface area contributed by atoms with Crippen LogP contribution in [0.4, 0.5) is 4.39 Å². The number of rotatable bonds is 4. The largest absolute Gasteiger partial charge is 0.488 e. The Bertz CT molecular complexity index is 464. The Hall–Kier alpha value is -1.13. The first-order valence-electron chi connectivity index (χ1n) is 7.53. The molecule has 2 atom stereocenters. The van der Waals surface area contributed by atoms with Gasteiger partial charge in [0.25, 0.3) is 0 Å². The van der Waals surface area contributed by atoms with E-state index in [1.165, 1.54) is 18.9 Å². The van der Waals surface area contributed by atoms with Crippen molar-refractivity contribution >= 4 is 0 Å². The predicted molar refractivity (Wildman–Crippen MR) is 75.4 cm³/mol. The number of piperidine rings is 1. The molecule has 2 aliphatic heterocycles. The van der Waals surface area contributed by atoms with E-state index < -0.39 is 0 Å². The van der Waals surface area contributed by atoms with Crippen molar-refractivity contribution in [2.45, 2.75) is 31.8 Å². The van der Waals surface area contributed by atoms with Crippen LogP contribution in [0.15, 0.2) is 18.2 Å². The van der Waals surface area contributed by atoms with Crippen LogP contribution >= 0.6 is 0 Å². The molecule has 2 heterocycles. The molecule has 0 amide bonds. The molecule has 0 saturated carbocycles. The Morgan fingerprint density at radius 2 is 2.30 bits per heavy atom. The summed E-state index contributed by atoms with van der Waals surface area (Å²) in [6, 6.07) is 4.77. The SMILES string of the molecule is OCCC1CCCN(CC2Cc3cc(F)ccc3O2)C1. The van der Waals surface area contributed by atoms with Gasteiger partial charge in [0.1, 0.15) is 17.7 Å². The van der Waals surface area contributed by atoms with Gasteiger partial charge < -0.3 is 9.84 Å². The molecule has 0 aromatic heterocycles. The molecule has 1 aromatic rings. The molecule has 3 nitrogen and oxygen atoms in total. The molecular weight excluding hydrogens is 257 g/mol. The van der Waals surface area contributed by atoms with Crippen molar-refractivity contribution in [3.05, 3.63) is 29.6 Å². The first-order valence-corrected chi connectivity index (χ1v) is 7.53. The fourth-order valence-corrected chi connectivity index (χ4v) is 3.41. The summed E-state index contributed by atoms with van der Waals surface area (Å²) >= 11 is 0. The fourth-order valence-electron chi connectivity index (χ4n) is 3.41. The first-order chi connectivity index (χ1) is 9.74. The molecule has 2 aliphatic rings. The maximum absolute atomic E-state index is 13.2. The lowest BCUT2D eigenvalue weighted by Crippen LogP contribution is -2.41. The highest BCUT2D eigenvalue weighted by atomic mass is 19.1. The standard InChI is InChI=1S/C16H22FNO2/c17-14-3-4-16-13(8-14)9-15(20-16)11-18-6-1-2-12(10-18)5-7-19/h3-4,8,12,15,19H,1-2,5-7,9-11H2. The quantitative estimate of drug-likeness (QED) is 0.917. The second-order valence-corrected chi connectivity index (χ2v) is 5.98. The molecule has 1 saturated heterocycles. The highest BCUT2D eigenvalue weighted by molar-refractivity contribution is 5.37. The van der Waals surface area contributed by atoms with Crippen molar-refractivity contribution in [3.8, 4) is 5.75 Å². The van der Waals surface area contributed by atoms with Gasteiger partial charge in [-0.3, -0.25) is 4.90 Å². The van der Waals surface area contributed by atoms with Gasteiger partial charge in [-0.25, -0.2) is 4.39 Å². The molecule has 1 aromatic carbocycles. The van der Waals surface area contributed by atoms with Crippen molar-refractivity contribution in [2.75, 3.05) is 26.2 Å². The van der Waals surface area contributed by atoms with Gasteiger partial charge >= 0.3 is 0 Å². The number of aliphatic hydroxyl groups is 1. The molecular formula is C16H22FNO2. The van der Waals surface area contributed by atoms with E-state index >= 15 is 0 Å². The van der Waals surface area contributed by atoms with Crippen molar-refractivity contribution in [2.24, 2.45) is 5.92 Å². The third-order valence-corrected chi connectivity index (χ3v) is 4.37. The van der Waals surface area contributed by atoms with E-state index in [1.54, 1.807) is 12.1 Å². The normalized spacial score (nSPS) is 26.3. The third kappa shape index (κ3) is 3.13. The number of hydrogen-bond acceptors (Lipinski definition) is 3. The number of aliphatic hydroxyl groups excluding tert-OH is 1. The number of likely N-dealkylation sites (tertiary alicyclic amines) is 1. The summed E-state index contributed by atoms with van der Waals surface area (Å²) in [5.41, 5.74) is 0.985. The Morgan fingerprint density at radius 3 is 3.15 bits per heavy atom.